The fraction of sp³-hybridized carbons (Fsp3) is 0.625. The Kier molecular flexibility index (Phi) is 5.03. The van der Waals surface area contributed by atoms with Gasteiger partial charge in [-0.2, -0.15) is 0 Å². The lowest BCUT2D eigenvalue weighted by molar-refractivity contribution is 0.00578. The first-order valence-corrected chi connectivity index (χ1v) is 9.87. The van der Waals surface area contributed by atoms with Gasteiger partial charge in [0, 0.05) is 19.1 Å². The second kappa shape index (κ2) is 6.25. The second-order valence-electron chi connectivity index (χ2n) is 6.81. The molecule has 0 N–H and O–H groups in total. The molecule has 1 heterocycles. The monoisotopic (exact) mass is 340 g/mol. The van der Waals surface area contributed by atoms with Crippen LogP contribution in [0.4, 0.5) is 0 Å². The van der Waals surface area contributed by atoms with Crippen LogP contribution in [0.25, 0.3) is 0 Å². The molecule has 1 unspecified atom stereocenters. The molecule has 1 atom stereocenters. The molecule has 1 aliphatic heterocycles. The van der Waals surface area contributed by atoms with Crippen molar-refractivity contribution in [3.05, 3.63) is 18.2 Å². The molecule has 0 aromatic heterocycles. The largest absolute Gasteiger partial charge is 0.494 e. The topological polar surface area (TPSA) is 54.0 Å². The van der Waals surface area contributed by atoms with Gasteiger partial charge in [-0.05, 0) is 58.3 Å². The number of benzene rings is 1. The standard InChI is InChI=1S/C16H26BO5P/c1-8-20-13-9-12(10-14(11-13)23(7,18)19-6)17-21-15(2,3)16(4,5)22-17/h9-11H,8H2,1-7H3. The third-order valence-corrected chi connectivity index (χ3v) is 6.46. The lowest BCUT2D eigenvalue weighted by atomic mass is 9.79. The molecule has 1 fully saturated rings. The van der Waals surface area contributed by atoms with Crippen LogP contribution >= 0.6 is 7.37 Å². The molecule has 1 aromatic rings. The van der Waals surface area contributed by atoms with Crippen LogP contribution in [0, 0.1) is 0 Å². The van der Waals surface area contributed by atoms with Crippen molar-refractivity contribution < 1.29 is 23.1 Å². The van der Waals surface area contributed by atoms with E-state index in [-0.39, 0.29) is 0 Å². The summed E-state index contributed by atoms with van der Waals surface area (Å²) in [6.45, 7) is 12.0. The molecule has 0 spiro atoms. The summed E-state index contributed by atoms with van der Waals surface area (Å²) in [4.78, 5) is 0. The maximum Gasteiger partial charge on any atom is 0.494 e. The van der Waals surface area contributed by atoms with Crippen LogP contribution in [0.3, 0.4) is 0 Å². The third kappa shape index (κ3) is 3.66. The second-order valence-corrected chi connectivity index (χ2v) is 9.38. The molecule has 7 heteroatoms. The van der Waals surface area contributed by atoms with Crippen molar-refractivity contribution in [1.29, 1.82) is 0 Å². The van der Waals surface area contributed by atoms with Gasteiger partial charge in [0.05, 0.1) is 17.8 Å². The normalized spacial score (nSPS) is 22.0. The van der Waals surface area contributed by atoms with Gasteiger partial charge in [0.2, 0.25) is 7.37 Å². The molecular formula is C16H26BO5P. The lowest BCUT2D eigenvalue weighted by Gasteiger charge is -2.32. The summed E-state index contributed by atoms with van der Waals surface area (Å²) in [6, 6.07) is 5.43. The Hall–Kier alpha value is -0.805. The summed E-state index contributed by atoms with van der Waals surface area (Å²) < 4.78 is 35.5. The van der Waals surface area contributed by atoms with E-state index in [9.17, 15) is 4.57 Å². The first-order valence-electron chi connectivity index (χ1n) is 7.79. The third-order valence-electron chi connectivity index (χ3n) is 4.57. The SMILES string of the molecule is CCOc1cc(B2OC(C)(C)C(C)(C)O2)cc(P(C)(=O)OC)c1. The molecule has 1 saturated heterocycles. The summed E-state index contributed by atoms with van der Waals surface area (Å²) in [5.41, 5.74) is -0.0866. The van der Waals surface area contributed by atoms with Crippen molar-refractivity contribution in [3.8, 4) is 5.75 Å². The van der Waals surface area contributed by atoms with Crippen molar-refractivity contribution in [2.75, 3.05) is 20.4 Å². The molecule has 0 aliphatic carbocycles. The van der Waals surface area contributed by atoms with E-state index in [1.54, 1.807) is 12.7 Å². The molecule has 2 rings (SSSR count). The highest BCUT2D eigenvalue weighted by Crippen LogP contribution is 2.41. The van der Waals surface area contributed by atoms with E-state index in [1.165, 1.54) is 7.11 Å². The fourth-order valence-corrected chi connectivity index (χ4v) is 3.27. The molecule has 128 valence electrons. The van der Waals surface area contributed by atoms with E-state index in [0.717, 1.165) is 5.46 Å². The Labute approximate surface area is 139 Å². The first-order chi connectivity index (χ1) is 10.5. The quantitative estimate of drug-likeness (QED) is 0.609. The Morgan fingerprint density at radius 3 is 2.17 bits per heavy atom. The van der Waals surface area contributed by atoms with Crippen molar-refractivity contribution in [1.82, 2.24) is 0 Å². The molecule has 0 saturated carbocycles. The molecule has 5 nitrogen and oxygen atoms in total. The minimum Gasteiger partial charge on any atom is -0.494 e. The van der Waals surface area contributed by atoms with Gasteiger partial charge in [-0.15, -0.1) is 0 Å². The zero-order chi connectivity index (χ0) is 17.5. The summed E-state index contributed by atoms with van der Waals surface area (Å²) in [5, 5.41) is 0.593. The molecule has 1 aromatic carbocycles. The van der Waals surface area contributed by atoms with Crippen molar-refractivity contribution in [2.24, 2.45) is 0 Å². The Balaban J connectivity index is 2.45. The maximum atomic E-state index is 12.6. The van der Waals surface area contributed by atoms with Crippen molar-refractivity contribution >= 4 is 25.3 Å². The van der Waals surface area contributed by atoms with Crippen LogP contribution < -0.4 is 15.5 Å². The van der Waals surface area contributed by atoms with Crippen molar-refractivity contribution in [3.63, 3.8) is 0 Å². The van der Waals surface area contributed by atoms with Gasteiger partial charge in [0.1, 0.15) is 5.75 Å². The molecule has 0 bridgehead atoms. The Bertz CT molecular complexity index is 613. The van der Waals surface area contributed by atoms with E-state index in [1.807, 2.05) is 46.8 Å². The van der Waals surface area contributed by atoms with Crippen LogP contribution in [0.2, 0.25) is 0 Å². The number of rotatable bonds is 5. The van der Waals surface area contributed by atoms with Crippen molar-refractivity contribution in [2.45, 2.75) is 45.8 Å². The van der Waals surface area contributed by atoms with Gasteiger partial charge in [-0.25, -0.2) is 0 Å². The maximum absolute atomic E-state index is 12.6. The highest BCUT2D eigenvalue weighted by Gasteiger charge is 2.52. The molecule has 0 radical (unpaired) electrons. The molecular weight excluding hydrogens is 314 g/mol. The van der Waals surface area contributed by atoms with Crippen LogP contribution in [0.15, 0.2) is 18.2 Å². The smallest absolute Gasteiger partial charge is 0.494 e. The van der Waals surface area contributed by atoms with Crippen LogP contribution in [0.5, 0.6) is 5.75 Å². The van der Waals surface area contributed by atoms with Gasteiger partial charge in [-0.3, -0.25) is 4.57 Å². The number of hydrogen-bond donors (Lipinski definition) is 0. The average molecular weight is 340 g/mol. The Morgan fingerprint density at radius 2 is 1.70 bits per heavy atom. The zero-order valence-electron chi connectivity index (χ0n) is 15.0. The predicted molar refractivity (Wildman–Crippen MR) is 93.5 cm³/mol. The van der Waals surface area contributed by atoms with Gasteiger partial charge in [0.25, 0.3) is 0 Å². The highest BCUT2D eigenvalue weighted by atomic mass is 31.2. The molecule has 23 heavy (non-hydrogen) atoms. The van der Waals surface area contributed by atoms with E-state index < -0.39 is 25.7 Å². The van der Waals surface area contributed by atoms with Crippen LogP contribution in [-0.4, -0.2) is 38.7 Å². The lowest BCUT2D eigenvalue weighted by Crippen LogP contribution is -2.41. The van der Waals surface area contributed by atoms with E-state index >= 15 is 0 Å². The number of hydrogen-bond acceptors (Lipinski definition) is 5. The predicted octanol–water partition coefficient (Wildman–Crippen LogP) is 2.56. The average Bonchev–Trinajstić information content (AvgIpc) is 2.67. The van der Waals surface area contributed by atoms with Gasteiger partial charge in [-0.1, -0.05) is 0 Å². The minimum absolute atomic E-state index is 0.434. The molecule has 0 amide bonds. The van der Waals surface area contributed by atoms with Gasteiger partial charge in [0.15, 0.2) is 0 Å². The van der Waals surface area contributed by atoms with Gasteiger partial charge < -0.3 is 18.6 Å². The van der Waals surface area contributed by atoms with Crippen LogP contribution in [0.1, 0.15) is 34.6 Å². The fourth-order valence-electron chi connectivity index (χ4n) is 2.31. The Morgan fingerprint density at radius 1 is 1.13 bits per heavy atom. The van der Waals surface area contributed by atoms with E-state index in [4.69, 9.17) is 18.6 Å². The van der Waals surface area contributed by atoms with E-state index in [0.29, 0.717) is 17.7 Å². The highest BCUT2D eigenvalue weighted by molar-refractivity contribution is 7.66. The first kappa shape index (κ1) is 18.5. The summed E-state index contributed by atoms with van der Waals surface area (Å²) in [5.74, 6) is 0.633. The molecule has 1 aliphatic rings. The summed E-state index contributed by atoms with van der Waals surface area (Å²) >= 11 is 0. The van der Waals surface area contributed by atoms with Gasteiger partial charge >= 0.3 is 7.12 Å². The van der Waals surface area contributed by atoms with E-state index in [2.05, 4.69) is 0 Å². The summed E-state index contributed by atoms with van der Waals surface area (Å²) in [6.07, 6.45) is 0. The minimum atomic E-state index is -2.90. The zero-order valence-corrected chi connectivity index (χ0v) is 15.9. The number of ether oxygens (including phenoxy) is 1. The van der Waals surface area contributed by atoms with Crippen LogP contribution in [-0.2, 0) is 18.4 Å². The summed E-state index contributed by atoms with van der Waals surface area (Å²) in [7, 11) is -1.98.